The van der Waals surface area contributed by atoms with Crippen molar-refractivity contribution in [3.05, 3.63) is 64.5 Å². The van der Waals surface area contributed by atoms with Gasteiger partial charge in [-0.3, -0.25) is 10.1 Å². The molecule has 0 saturated heterocycles. The van der Waals surface area contributed by atoms with Gasteiger partial charge in [-0.1, -0.05) is 24.6 Å². The van der Waals surface area contributed by atoms with Crippen molar-refractivity contribution in [2.45, 2.75) is 25.2 Å². The number of aryl methyl sites for hydroxylation is 1. The fourth-order valence-electron chi connectivity index (χ4n) is 2.86. The maximum absolute atomic E-state index is 13.1. The molecule has 9 nitrogen and oxygen atoms in total. The van der Waals surface area contributed by atoms with Gasteiger partial charge in [-0.2, -0.15) is 0 Å². The van der Waals surface area contributed by atoms with E-state index >= 15 is 0 Å². The molecular formula is C20H21N3O6S. The molecule has 0 amide bonds. The molecule has 0 saturated carbocycles. The summed E-state index contributed by atoms with van der Waals surface area (Å²) in [7, 11) is -2.60. The van der Waals surface area contributed by atoms with Crippen molar-refractivity contribution >= 4 is 15.7 Å². The van der Waals surface area contributed by atoms with Gasteiger partial charge in [0.1, 0.15) is 0 Å². The SMILES string of the molecule is CCCOc1c(OC)cc(-c2nccn2S(=O)(=O)c2ccc(C)cc2)cc1[N+](=O)[O-]. The van der Waals surface area contributed by atoms with E-state index in [9.17, 15) is 18.5 Å². The van der Waals surface area contributed by atoms with Crippen LogP contribution in [0.3, 0.4) is 0 Å². The normalized spacial score (nSPS) is 11.3. The highest BCUT2D eigenvalue weighted by molar-refractivity contribution is 7.90. The molecule has 30 heavy (non-hydrogen) atoms. The third kappa shape index (κ3) is 3.99. The Labute approximate surface area is 174 Å². The van der Waals surface area contributed by atoms with Crippen molar-refractivity contribution in [3.63, 3.8) is 0 Å². The summed E-state index contributed by atoms with van der Waals surface area (Å²) in [6.07, 6.45) is 3.27. The topological polar surface area (TPSA) is 114 Å². The number of aromatic nitrogens is 2. The first-order valence-electron chi connectivity index (χ1n) is 9.14. The second kappa shape index (κ2) is 8.54. The lowest BCUT2D eigenvalue weighted by Gasteiger charge is -2.13. The van der Waals surface area contributed by atoms with Crippen molar-refractivity contribution < 1.29 is 22.8 Å². The zero-order valence-electron chi connectivity index (χ0n) is 16.7. The van der Waals surface area contributed by atoms with Crippen LogP contribution in [-0.4, -0.2) is 36.0 Å². The molecule has 1 heterocycles. The minimum atomic E-state index is -3.96. The molecule has 0 atom stereocenters. The van der Waals surface area contributed by atoms with E-state index < -0.39 is 14.9 Å². The number of hydrogen-bond donors (Lipinski definition) is 0. The summed E-state index contributed by atoms with van der Waals surface area (Å²) in [6, 6.07) is 9.09. The van der Waals surface area contributed by atoms with Gasteiger partial charge in [-0.15, -0.1) is 0 Å². The summed E-state index contributed by atoms with van der Waals surface area (Å²) in [6.45, 7) is 4.00. The fourth-order valence-corrected chi connectivity index (χ4v) is 4.17. The number of nitrogens with zero attached hydrogens (tertiary/aromatic N) is 3. The number of nitro benzene ring substituents is 1. The predicted molar refractivity (Wildman–Crippen MR) is 110 cm³/mol. The standard InChI is InChI=1S/C20H21N3O6S/c1-4-11-29-19-17(23(24)25)12-15(13-18(19)28-3)20-21-9-10-22(20)30(26,27)16-7-5-14(2)6-8-16/h5-10,12-13H,4,11H2,1-3H3. The van der Waals surface area contributed by atoms with Gasteiger partial charge in [-0.05, 0) is 31.5 Å². The van der Waals surface area contributed by atoms with Crippen molar-refractivity contribution in [1.82, 2.24) is 8.96 Å². The Morgan fingerprint density at radius 1 is 1.20 bits per heavy atom. The molecule has 0 fully saturated rings. The summed E-state index contributed by atoms with van der Waals surface area (Å²) in [5.74, 6) is 0.140. The van der Waals surface area contributed by atoms with E-state index in [1.54, 1.807) is 12.1 Å². The van der Waals surface area contributed by atoms with Gasteiger partial charge in [-0.25, -0.2) is 17.4 Å². The largest absolute Gasteiger partial charge is 0.493 e. The van der Waals surface area contributed by atoms with Gasteiger partial charge in [0.2, 0.25) is 5.75 Å². The van der Waals surface area contributed by atoms with Crippen LogP contribution in [0.2, 0.25) is 0 Å². The minimum absolute atomic E-state index is 0.00685. The maximum atomic E-state index is 13.1. The van der Waals surface area contributed by atoms with Crippen molar-refractivity contribution in [3.8, 4) is 22.9 Å². The maximum Gasteiger partial charge on any atom is 0.315 e. The highest BCUT2D eigenvalue weighted by atomic mass is 32.2. The van der Waals surface area contributed by atoms with E-state index in [4.69, 9.17) is 9.47 Å². The van der Waals surface area contributed by atoms with Gasteiger partial charge >= 0.3 is 5.69 Å². The molecule has 10 heteroatoms. The summed E-state index contributed by atoms with van der Waals surface area (Å²) in [5.41, 5.74) is 0.797. The predicted octanol–water partition coefficient (Wildman–Crippen LogP) is 3.80. The number of nitro groups is 1. The lowest BCUT2D eigenvalue weighted by atomic mass is 10.1. The fraction of sp³-hybridized carbons (Fsp3) is 0.250. The highest BCUT2D eigenvalue weighted by Gasteiger charge is 2.27. The molecule has 0 N–H and O–H groups in total. The smallest absolute Gasteiger partial charge is 0.315 e. The monoisotopic (exact) mass is 431 g/mol. The lowest BCUT2D eigenvalue weighted by Crippen LogP contribution is -2.13. The molecule has 0 aliphatic heterocycles. The van der Waals surface area contributed by atoms with Crippen LogP contribution in [0.5, 0.6) is 11.5 Å². The molecule has 0 bridgehead atoms. The molecule has 3 rings (SSSR count). The Kier molecular flexibility index (Phi) is 6.06. The van der Waals surface area contributed by atoms with Gasteiger partial charge in [0.15, 0.2) is 11.6 Å². The molecule has 158 valence electrons. The first kappa shape index (κ1) is 21.3. The summed E-state index contributed by atoms with van der Waals surface area (Å²) < 4.78 is 38.0. The van der Waals surface area contributed by atoms with Crippen LogP contribution >= 0.6 is 0 Å². The van der Waals surface area contributed by atoms with Crippen molar-refractivity contribution in [1.29, 1.82) is 0 Å². The molecule has 0 radical (unpaired) electrons. The molecule has 0 aliphatic carbocycles. The third-order valence-electron chi connectivity index (χ3n) is 4.35. The van der Waals surface area contributed by atoms with Gasteiger partial charge in [0.25, 0.3) is 10.0 Å². The van der Waals surface area contributed by atoms with E-state index in [1.165, 1.54) is 43.8 Å². The van der Waals surface area contributed by atoms with Gasteiger partial charge in [0.05, 0.1) is 23.5 Å². The Morgan fingerprint density at radius 2 is 1.90 bits per heavy atom. The average molecular weight is 431 g/mol. The Morgan fingerprint density at radius 3 is 2.50 bits per heavy atom. The first-order chi connectivity index (χ1) is 14.3. The molecule has 2 aromatic carbocycles. The summed E-state index contributed by atoms with van der Waals surface area (Å²) >= 11 is 0. The van der Waals surface area contributed by atoms with Crippen molar-refractivity contribution in [2.24, 2.45) is 0 Å². The van der Waals surface area contributed by atoms with Crippen LogP contribution in [0, 0.1) is 17.0 Å². The van der Waals surface area contributed by atoms with E-state index in [0.717, 1.165) is 9.54 Å². The number of benzene rings is 2. The molecule has 1 aromatic heterocycles. The Hall–Kier alpha value is -3.40. The minimum Gasteiger partial charge on any atom is -0.493 e. The number of imidazole rings is 1. The second-order valence-electron chi connectivity index (χ2n) is 6.50. The molecule has 0 aliphatic rings. The van der Waals surface area contributed by atoms with Gasteiger partial charge < -0.3 is 9.47 Å². The molecule has 0 unspecified atom stereocenters. The Balaban J connectivity index is 2.16. The average Bonchev–Trinajstić information content (AvgIpc) is 3.22. The van der Waals surface area contributed by atoms with Gasteiger partial charge in [0, 0.05) is 24.0 Å². The van der Waals surface area contributed by atoms with E-state index in [-0.39, 0.29) is 40.1 Å². The second-order valence-corrected chi connectivity index (χ2v) is 8.31. The van der Waals surface area contributed by atoms with E-state index in [0.29, 0.717) is 6.42 Å². The zero-order chi connectivity index (χ0) is 21.9. The highest BCUT2D eigenvalue weighted by Crippen LogP contribution is 2.41. The number of methoxy groups -OCH3 is 1. The lowest BCUT2D eigenvalue weighted by molar-refractivity contribution is -0.385. The Bertz CT molecular complexity index is 1170. The van der Waals surface area contributed by atoms with Crippen LogP contribution in [-0.2, 0) is 10.0 Å². The van der Waals surface area contributed by atoms with E-state index in [2.05, 4.69) is 4.98 Å². The zero-order valence-corrected chi connectivity index (χ0v) is 17.5. The first-order valence-corrected chi connectivity index (χ1v) is 10.6. The van der Waals surface area contributed by atoms with Crippen LogP contribution in [0.1, 0.15) is 18.9 Å². The molecular weight excluding hydrogens is 410 g/mol. The van der Waals surface area contributed by atoms with Crippen LogP contribution in [0.15, 0.2) is 53.7 Å². The number of ether oxygens (including phenoxy) is 2. The van der Waals surface area contributed by atoms with Crippen LogP contribution in [0.25, 0.3) is 11.4 Å². The third-order valence-corrected chi connectivity index (χ3v) is 6.03. The van der Waals surface area contributed by atoms with E-state index in [1.807, 2.05) is 13.8 Å². The van der Waals surface area contributed by atoms with Crippen LogP contribution < -0.4 is 9.47 Å². The number of rotatable bonds is 8. The summed E-state index contributed by atoms with van der Waals surface area (Å²) in [4.78, 5) is 15.2. The molecule has 3 aromatic rings. The quantitative estimate of drug-likeness (QED) is 0.394. The number of hydrogen-bond acceptors (Lipinski definition) is 7. The van der Waals surface area contributed by atoms with Crippen molar-refractivity contribution in [2.75, 3.05) is 13.7 Å². The molecule has 0 spiro atoms. The summed E-state index contributed by atoms with van der Waals surface area (Å²) in [5, 5.41) is 11.6. The van der Waals surface area contributed by atoms with Crippen LogP contribution in [0.4, 0.5) is 5.69 Å².